The van der Waals surface area contributed by atoms with Crippen molar-refractivity contribution in [3.05, 3.63) is 219 Å². The highest BCUT2D eigenvalue weighted by atomic mass is 16.7. The molecule has 0 aromatic rings. The summed E-state index contributed by atoms with van der Waals surface area (Å²) < 4.78 is 23.0. The molecule has 2 unspecified atom stereocenters. The third-order valence-corrected chi connectivity index (χ3v) is 15.2. The first-order valence-electron chi connectivity index (χ1n) is 37.9. The van der Waals surface area contributed by atoms with E-state index in [9.17, 15) is 19.5 Å². The maximum absolute atomic E-state index is 13.0. The minimum Gasteiger partial charge on any atom is -0.477 e. The van der Waals surface area contributed by atoms with Gasteiger partial charge in [-0.15, -0.1) is 0 Å². The summed E-state index contributed by atoms with van der Waals surface area (Å²) in [5.41, 5.74) is 0. The predicted molar refractivity (Wildman–Crippen MR) is 418 cm³/mol. The summed E-state index contributed by atoms with van der Waals surface area (Å²) in [4.78, 5) is 37.7. The van der Waals surface area contributed by atoms with Crippen LogP contribution in [0.15, 0.2) is 219 Å². The van der Waals surface area contributed by atoms with E-state index >= 15 is 0 Å². The van der Waals surface area contributed by atoms with Crippen molar-refractivity contribution in [2.75, 3.05) is 47.5 Å². The van der Waals surface area contributed by atoms with Crippen molar-refractivity contribution >= 4 is 17.9 Å². The second-order valence-corrected chi connectivity index (χ2v) is 25.5. The summed E-state index contributed by atoms with van der Waals surface area (Å²) in [7, 11) is 5.95. The molecule has 0 aromatic carbocycles. The molecule has 0 saturated carbocycles. The van der Waals surface area contributed by atoms with Crippen LogP contribution in [-0.4, -0.2) is 87.4 Å². The monoisotopic (exact) mass is 1340 g/mol. The Morgan fingerprint density at radius 3 is 0.825 bits per heavy atom. The topological polar surface area (TPSA) is 108 Å². The highest BCUT2D eigenvalue weighted by Gasteiger charge is 2.25. The Balaban J connectivity index is 4.22. The first kappa shape index (κ1) is 90.6. The van der Waals surface area contributed by atoms with Gasteiger partial charge in [-0.3, -0.25) is 9.59 Å². The van der Waals surface area contributed by atoms with Gasteiger partial charge in [0.05, 0.1) is 34.4 Å². The zero-order chi connectivity index (χ0) is 70.4. The highest BCUT2D eigenvalue weighted by Crippen LogP contribution is 2.15. The van der Waals surface area contributed by atoms with Crippen LogP contribution in [-0.2, 0) is 33.3 Å². The van der Waals surface area contributed by atoms with Gasteiger partial charge in [0.15, 0.2) is 6.10 Å². The van der Waals surface area contributed by atoms with Crippen LogP contribution in [0.2, 0.25) is 0 Å². The predicted octanol–water partition coefficient (Wildman–Crippen LogP) is 24.5. The molecule has 9 nitrogen and oxygen atoms in total. The van der Waals surface area contributed by atoms with Crippen molar-refractivity contribution in [1.82, 2.24) is 0 Å². The van der Waals surface area contributed by atoms with E-state index in [-0.39, 0.29) is 38.6 Å². The number of hydrogen-bond acceptors (Lipinski definition) is 7. The Bertz CT molecular complexity index is 2400. The van der Waals surface area contributed by atoms with E-state index in [0.29, 0.717) is 17.4 Å². The zero-order valence-electron chi connectivity index (χ0n) is 61.9. The Hall–Kier alpha value is -6.39. The molecule has 0 aliphatic carbocycles. The van der Waals surface area contributed by atoms with Gasteiger partial charge in [-0.2, -0.15) is 0 Å². The number of esters is 2. The fourth-order valence-corrected chi connectivity index (χ4v) is 9.53. The van der Waals surface area contributed by atoms with Gasteiger partial charge in [0.25, 0.3) is 6.29 Å². The number of ether oxygens (including phenoxy) is 4. The minimum absolute atomic E-state index is 0.170. The SMILES string of the molecule is CC/C=C\C/C=C\C/C=C\C/C=C\C/C=C\C/C=C\C/C=C\C/C=C\C/C=C\C/C=C\CCCCCCC(=O)OC(COC(=O)CCCCCCCCCCCCCC/C=C\C/C=C\C/C=C\C/C=C\C/C=C\C/C=C\C/C=C\C/C=C\CC)COC(OCC[N+](C)(C)C)C(=O)O. The number of carboxylic acid groups (broad SMARTS) is 1. The van der Waals surface area contributed by atoms with Crippen LogP contribution >= 0.6 is 0 Å². The number of carboxylic acids is 1. The van der Waals surface area contributed by atoms with Crippen molar-refractivity contribution in [2.24, 2.45) is 0 Å². The molecule has 542 valence electrons. The minimum atomic E-state index is -1.53. The number of carbonyl (C=O) groups is 3. The number of likely N-dealkylation sites (N-methyl/N-ethyl adjacent to an activating group) is 1. The van der Waals surface area contributed by atoms with Crippen LogP contribution in [0.25, 0.3) is 0 Å². The summed E-state index contributed by atoms with van der Waals surface area (Å²) in [6.07, 6.45) is 116. The molecule has 0 amide bonds. The number of carbonyl (C=O) groups excluding carboxylic acids is 2. The number of hydrogen-bond donors (Lipinski definition) is 1. The number of aliphatic carboxylic acids is 1. The number of allylic oxidation sites excluding steroid dienone is 36. The molecule has 0 heterocycles. The van der Waals surface area contributed by atoms with E-state index in [1.54, 1.807) is 0 Å². The normalized spacial score (nSPS) is 13.9. The highest BCUT2D eigenvalue weighted by molar-refractivity contribution is 5.71. The lowest BCUT2D eigenvalue weighted by Gasteiger charge is -2.25. The molecule has 0 aromatic heterocycles. The first-order chi connectivity index (χ1) is 47.6. The molecule has 0 bridgehead atoms. The number of unbranched alkanes of at least 4 members (excludes halogenated alkanes) is 16. The molecule has 0 spiro atoms. The number of rotatable bonds is 67. The van der Waals surface area contributed by atoms with Gasteiger partial charge in [0, 0.05) is 12.8 Å². The van der Waals surface area contributed by atoms with Crippen molar-refractivity contribution in [3.63, 3.8) is 0 Å². The maximum atomic E-state index is 13.0. The lowest BCUT2D eigenvalue weighted by Crippen LogP contribution is -2.40. The molecule has 0 saturated heterocycles. The largest absolute Gasteiger partial charge is 0.477 e. The summed E-state index contributed by atoms with van der Waals surface area (Å²) in [6, 6.07) is 0. The fraction of sp³-hybridized carbons (Fsp3) is 0.557. The Labute approximate surface area is 594 Å². The lowest BCUT2D eigenvalue weighted by atomic mass is 10.0. The smallest absolute Gasteiger partial charge is 0.361 e. The standard InChI is InChI=1S/C88H137NO8/c1-6-8-10-12-14-16-18-20-22-24-26-28-30-32-34-36-38-40-42-43-45-46-48-50-52-54-56-58-60-62-64-66-68-70-72-74-76-78-85(90)95-82-84(83-96-88(87(92)93)94-81-80-89(3,4)5)97-86(91)79-77-75-73-71-69-67-65-63-61-59-57-55-53-51-49-47-44-41-39-37-35-33-31-29-27-25-23-21-19-17-15-13-11-9-7-2/h8-11,14-17,20-23,26-29,32-35,38-41,43,45,47-50,53,55,59,61,65,67,84,88H,6-7,12-13,18-19,24-25,30-31,36-37,42,44,46,51-52,54,56-58,60,62-64,66,68-83H2,1-5H3/p+1/b10-8-,11-9-,16-14-,17-15-,22-20-,23-21-,28-26-,29-27-,34-32-,35-33-,40-38-,41-39-,45-43-,49-47-,50-48-,55-53-,61-59-,67-65-. The third kappa shape index (κ3) is 76.8. The summed E-state index contributed by atoms with van der Waals surface area (Å²) >= 11 is 0. The second-order valence-electron chi connectivity index (χ2n) is 25.5. The van der Waals surface area contributed by atoms with Gasteiger partial charge >= 0.3 is 17.9 Å². The molecule has 0 fully saturated rings. The number of quaternary nitrogens is 1. The molecular weight excluding hydrogens is 1200 g/mol. The maximum Gasteiger partial charge on any atom is 0.361 e. The lowest BCUT2D eigenvalue weighted by molar-refractivity contribution is -0.870. The summed E-state index contributed by atoms with van der Waals surface area (Å²) in [5, 5.41) is 9.76. The van der Waals surface area contributed by atoms with Crippen molar-refractivity contribution in [1.29, 1.82) is 0 Å². The molecule has 2 atom stereocenters. The van der Waals surface area contributed by atoms with E-state index < -0.39 is 24.3 Å². The van der Waals surface area contributed by atoms with Crippen LogP contribution in [0.3, 0.4) is 0 Å². The molecule has 0 aliphatic heterocycles. The molecule has 0 rings (SSSR count). The molecule has 97 heavy (non-hydrogen) atoms. The van der Waals surface area contributed by atoms with E-state index in [0.717, 1.165) is 167 Å². The molecule has 9 heteroatoms. The molecule has 0 aliphatic rings. The van der Waals surface area contributed by atoms with Gasteiger partial charge in [-0.05, 0) is 154 Å². The molecule has 1 N–H and O–H groups in total. The van der Waals surface area contributed by atoms with Gasteiger partial charge in [0.2, 0.25) is 0 Å². The van der Waals surface area contributed by atoms with E-state index in [1.165, 1.54) is 57.8 Å². The van der Waals surface area contributed by atoms with Crippen molar-refractivity contribution in [2.45, 2.75) is 270 Å². The number of nitrogens with zero attached hydrogens (tertiary/aromatic N) is 1. The first-order valence-corrected chi connectivity index (χ1v) is 37.9. The zero-order valence-corrected chi connectivity index (χ0v) is 61.9. The van der Waals surface area contributed by atoms with Crippen molar-refractivity contribution < 1.29 is 42.9 Å². The van der Waals surface area contributed by atoms with Gasteiger partial charge in [0.1, 0.15) is 13.2 Å². The van der Waals surface area contributed by atoms with Crippen LogP contribution in [0, 0.1) is 0 Å². The van der Waals surface area contributed by atoms with Crippen LogP contribution in [0.5, 0.6) is 0 Å². The average Bonchev–Trinajstić information content (AvgIpc) is 3.74. The molecule has 0 radical (unpaired) electrons. The van der Waals surface area contributed by atoms with E-state index in [4.69, 9.17) is 18.9 Å². The Kier molecular flexibility index (Phi) is 70.4. The van der Waals surface area contributed by atoms with Gasteiger partial charge in [-0.25, -0.2) is 4.79 Å². The quantitative estimate of drug-likeness (QED) is 0.0211. The van der Waals surface area contributed by atoms with Crippen LogP contribution < -0.4 is 0 Å². The Morgan fingerprint density at radius 1 is 0.309 bits per heavy atom. The average molecular weight is 1340 g/mol. The van der Waals surface area contributed by atoms with Crippen LogP contribution in [0.1, 0.15) is 258 Å². The summed E-state index contributed by atoms with van der Waals surface area (Å²) in [5.74, 6) is -2.06. The van der Waals surface area contributed by atoms with E-state index in [2.05, 4.69) is 233 Å². The van der Waals surface area contributed by atoms with Crippen LogP contribution in [0.4, 0.5) is 0 Å². The third-order valence-electron chi connectivity index (χ3n) is 15.2. The fourth-order valence-electron chi connectivity index (χ4n) is 9.53. The van der Waals surface area contributed by atoms with Crippen molar-refractivity contribution in [3.8, 4) is 0 Å². The second kappa shape index (κ2) is 75.4. The molecular formula is C88H138NO8+. The Morgan fingerprint density at radius 2 is 0.557 bits per heavy atom. The van der Waals surface area contributed by atoms with Gasteiger partial charge in [-0.1, -0.05) is 310 Å². The summed E-state index contributed by atoms with van der Waals surface area (Å²) in [6.45, 7) is 4.59. The van der Waals surface area contributed by atoms with Gasteiger partial charge < -0.3 is 28.5 Å². The van der Waals surface area contributed by atoms with E-state index in [1.807, 2.05) is 21.1 Å².